The maximum absolute atomic E-state index is 5.51. The maximum atomic E-state index is 5.51. The molecule has 1 fully saturated rings. The molecule has 4 nitrogen and oxygen atoms in total. The van der Waals surface area contributed by atoms with Crippen molar-refractivity contribution in [2.45, 2.75) is 42.5 Å². The first kappa shape index (κ1) is 13.3. The van der Waals surface area contributed by atoms with Crippen molar-refractivity contribution in [3.63, 3.8) is 0 Å². The molecule has 2 aromatic rings. The number of methoxy groups -OCH3 is 1. The summed E-state index contributed by atoms with van der Waals surface area (Å²) in [4.78, 5) is 14.0. The SMILES string of the molecule is COC(C)(C)c1nc(C2CC2)c2sc(SC)nc2n1. The fourth-order valence-electron chi connectivity index (χ4n) is 1.91. The number of thioether (sulfide) groups is 1. The van der Waals surface area contributed by atoms with Crippen molar-refractivity contribution in [3.05, 3.63) is 11.5 Å². The largest absolute Gasteiger partial charge is 0.371 e. The standard InChI is InChI=1S/C13H17N3OS2/c1-13(2,17-3)11-14-8(7-5-6-7)9-10(15-11)16-12(18-4)19-9/h7H,5-6H2,1-4H3. The predicted molar refractivity (Wildman–Crippen MR) is 79.0 cm³/mol. The predicted octanol–water partition coefficient (Wildman–Crippen LogP) is 3.57. The molecule has 2 heterocycles. The van der Waals surface area contributed by atoms with Crippen molar-refractivity contribution in [2.75, 3.05) is 13.4 Å². The Balaban J connectivity index is 2.20. The van der Waals surface area contributed by atoms with Gasteiger partial charge in [0.05, 0.1) is 10.4 Å². The molecular formula is C13H17N3OS2. The first-order chi connectivity index (χ1) is 9.05. The fraction of sp³-hybridized carbons (Fsp3) is 0.615. The highest BCUT2D eigenvalue weighted by Crippen LogP contribution is 2.44. The van der Waals surface area contributed by atoms with Gasteiger partial charge < -0.3 is 4.74 Å². The Morgan fingerprint density at radius 2 is 2.00 bits per heavy atom. The van der Waals surface area contributed by atoms with Crippen LogP contribution in [0, 0.1) is 0 Å². The van der Waals surface area contributed by atoms with Crippen LogP contribution in [-0.2, 0) is 10.3 Å². The monoisotopic (exact) mass is 295 g/mol. The number of aromatic nitrogens is 3. The molecule has 0 amide bonds. The van der Waals surface area contributed by atoms with E-state index in [-0.39, 0.29) is 0 Å². The number of hydrogen-bond donors (Lipinski definition) is 0. The van der Waals surface area contributed by atoms with Crippen molar-refractivity contribution in [1.82, 2.24) is 15.0 Å². The zero-order valence-corrected chi connectivity index (χ0v) is 13.2. The average Bonchev–Trinajstić information content (AvgIpc) is 3.16. The average molecular weight is 295 g/mol. The van der Waals surface area contributed by atoms with Crippen LogP contribution < -0.4 is 0 Å². The second-order valence-corrected chi connectivity index (χ2v) is 7.31. The molecule has 1 aliphatic rings. The Kier molecular flexibility index (Phi) is 3.27. The van der Waals surface area contributed by atoms with Crippen LogP contribution in [0.15, 0.2) is 4.34 Å². The fourth-order valence-corrected chi connectivity index (χ4v) is 3.47. The van der Waals surface area contributed by atoms with Gasteiger partial charge in [0, 0.05) is 13.0 Å². The van der Waals surface area contributed by atoms with E-state index in [0.29, 0.717) is 5.92 Å². The van der Waals surface area contributed by atoms with Crippen LogP contribution in [0.3, 0.4) is 0 Å². The van der Waals surface area contributed by atoms with Gasteiger partial charge >= 0.3 is 0 Å². The van der Waals surface area contributed by atoms with E-state index >= 15 is 0 Å². The highest BCUT2D eigenvalue weighted by atomic mass is 32.2. The quantitative estimate of drug-likeness (QED) is 0.807. The lowest BCUT2D eigenvalue weighted by molar-refractivity contribution is 0.0116. The number of hydrogen-bond acceptors (Lipinski definition) is 6. The summed E-state index contributed by atoms with van der Waals surface area (Å²) >= 11 is 3.37. The minimum atomic E-state index is -0.471. The highest BCUT2D eigenvalue weighted by molar-refractivity contribution is 8.00. The molecular weight excluding hydrogens is 278 g/mol. The van der Waals surface area contributed by atoms with Crippen LogP contribution in [0.4, 0.5) is 0 Å². The van der Waals surface area contributed by atoms with Crippen LogP contribution in [0.25, 0.3) is 10.3 Å². The summed E-state index contributed by atoms with van der Waals surface area (Å²) in [6.45, 7) is 3.99. The molecule has 102 valence electrons. The lowest BCUT2D eigenvalue weighted by atomic mass is 10.1. The normalized spacial score (nSPS) is 16.2. The summed E-state index contributed by atoms with van der Waals surface area (Å²) < 4.78 is 7.72. The Morgan fingerprint density at radius 1 is 1.26 bits per heavy atom. The number of fused-ring (bicyclic) bond motifs is 1. The van der Waals surface area contributed by atoms with E-state index < -0.39 is 5.60 Å². The maximum Gasteiger partial charge on any atom is 0.175 e. The molecule has 6 heteroatoms. The molecule has 0 aromatic carbocycles. The van der Waals surface area contributed by atoms with Crippen molar-refractivity contribution in [1.29, 1.82) is 0 Å². The van der Waals surface area contributed by atoms with E-state index in [9.17, 15) is 0 Å². The molecule has 1 aliphatic carbocycles. The highest BCUT2D eigenvalue weighted by Gasteiger charge is 2.32. The second kappa shape index (κ2) is 4.68. The molecule has 0 atom stereocenters. The van der Waals surface area contributed by atoms with Gasteiger partial charge in [-0.3, -0.25) is 0 Å². The van der Waals surface area contributed by atoms with Gasteiger partial charge in [-0.1, -0.05) is 11.8 Å². The second-order valence-electron chi connectivity index (χ2n) is 5.26. The Hall–Kier alpha value is -0.720. The Bertz CT molecular complexity index is 620. The third-order valence-corrected chi connectivity index (χ3v) is 5.50. The third kappa shape index (κ3) is 2.37. The first-order valence-corrected chi connectivity index (χ1v) is 8.37. The summed E-state index contributed by atoms with van der Waals surface area (Å²) in [5.41, 5.74) is 1.52. The zero-order valence-electron chi connectivity index (χ0n) is 11.6. The van der Waals surface area contributed by atoms with Gasteiger partial charge in [0.25, 0.3) is 0 Å². The van der Waals surface area contributed by atoms with Gasteiger partial charge in [-0.15, -0.1) is 11.3 Å². The summed E-state index contributed by atoms with van der Waals surface area (Å²) in [5.74, 6) is 1.33. The zero-order chi connectivity index (χ0) is 13.6. The third-order valence-electron chi connectivity index (χ3n) is 3.45. The molecule has 0 aliphatic heterocycles. The van der Waals surface area contributed by atoms with Gasteiger partial charge in [0.2, 0.25) is 0 Å². The molecule has 0 unspecified atom stereocenters. The van der Waals surface area contributed by atoms with Crippen LogP contribution in [0.2, 0.25) is 0 Å². The van der Waals surface area contributed by atoms with Crippen LogP contribution in [-0.4, -0.2) is 28.3 Å². The molecule has 0 bridgehead atoms. The molecule has 0 N–H and O–H groups in total. The minimum Gasteiger partial charge on any atom is -0.371 e. The van der Waals surface area contributed by atoms with Crippen LogP contribution >= 0.6 is 23.1 Å². The molecule has 1 saturated carbocycles. The smallest absolute Gasteiger partial charge is 0.175 e. The molecule has 0 spiro atoms. The van der Waals surface area contributed by atoms with Crippen LogP contribution in [0.1, 0.15) is 44.1 Å². The van der Waals surface area contributed by atoms with E-state index in [4.69, 9.17) is 9.72 Å². The lowest BCUT2D eigenvalue weighted by Crippen LogP contribution is -2.23. The molecule has 0 radical (unpaired) electrons. The van der Waals surface area contributed by atoms with Crippen molar-refractivity contribution >= 4 is 33.4 Å². The Morgan fingerprint density at radius 3 is 2.58 bits per heavy atom. The Labute approximate surface area is 121 Å². The number of nitrogens with zero attached hydrogens (tertiary/aromatic N) is 3. The minimum absolute atomic E-state index is 0.471. The van der Waals surface area contributed by atoms with Crippen LogP contribution in [0.5, 0.6) is 0 Å². The van der Waals surface area contributed by atoms with Gasteiger partial charge in [0.15, 0.2) is 15.8 Å². The van der Waals surface area contributed by atoms with E-state index in [1.165, 1.54) is 18.5 Å². The number of ether oxygens (including phenoxy) is 1. The van der Waals surface area contributed by atoms with E-state index in [1.54, 1.807) is 30.2 Å². The summed E-state index contributed by atoms with van der Waals surface area (Å²) in [6.07, 6.45) is 4.50. The summed E-state index contributed by atoms with van der Waals surface area (Å²) in [5, 5.41) is 0. The van der Waals surface area contributed by atoms with E-state index in [2.05, 4.69) is 9.97 Å². The van der Waals surface area contributed by atoms with Gasteiger partial charge in [0.1, 0.15) is 5.60 Å². The van der Waals surface area contributed by atoms with Gasteiger partial charge in [-0.25, -0.2) is 15.0 Å². The molecule has 19 heavy (non-hydrogen) atoms. The van der Waals surface area contributed by atoms with E-state index in [0.717, 1.165) is 20.5 Å². The number of rotatable bonds is 4. The van der Waals surface area contributed by atoms with Gasteiger partial charge in [-0.05, 0) is 32.9 Å². The van der Waals surface area contributed by atoms with Gasteiger partial charge in [-0.2, -0.15) is 0 Å². The van der Waals surface area contributed by atoms with E-state index in [1.807, 2.05) is 20.1 Å². The van der Waals surface area contributed by atoms with Crippen molar-refractivity contribution in [3.8, 4) is 0 Å². The first-order valence-electron chi connectivity index (χ1n) is 6.33. The summed E-state index contributed by atoms with van der Waals surface area (Å²) in [7, 11) is 1.69. The number of thiazole rings is 1. The molecule has 2 aromatic heterocycles. The molecule has 0 saturated heterocycles. The summed E-state index contributed by atoms with van der Waals surface area (Å²) in [6, 6.07) is 0. The molecule has 3 rings (SSSR count). The lowest BCUT2D eigenvalue weighted by Gasteiger charge is -2.21. The van der Waals surface area contributed by atoms with Crippen molar-refractivity contribution in [2.24, 2.45) is 0 Å². The van der Waals surface area contributed by atoms with Crippen molar-refractivity contribution < 1.29 is 4.74 Å². The topological polar surface area (TPSA) is 47.9 Å².